The summed E-state index contributed by atoms with van der Waals surface area (Å²) in [5.74, 6) is -2.97. The third-order valence-electron chi connectivity index (χ3n) is 3.35. The summed E-state index contributed by atoms with van der Waals surface area (Å²) in [6.07, 6.45) is 0. The smallest absolute Gasteiger partial charge is 0.244 e. The summed E-state index contributed by atoms with van der Waals surface area (Å²) < 4.78 is 26.1. The predicted molar refractivity (Wildman–Crippen MR) is 89.2 cm³/mol. The van der Waals surface area contributed by atoms with Gasteiger partial charge in [-0.15, -0.1) is 0 Å². The lowest BCUT2D eigenvalue weighted by Crippen LogP contribution is -2.37. The number of hydrogen-bond acceptors (Lipinski definition) is 2. The Morgan fingerprint density at radius 2 is 1.83 bits per heavy atom. The number of rotatable bonds is 4. The zero-order valence-electron chi connectivity index (χ0n) is 13.1. The molecule has 4 nitrogen and oxygen atoms in total. The first kappa shape index (κ1) is 17.9. The van der Waals surface area contributed by atoms with Crippen LogP contribution < -0.4 is 10.2 Å². The van der Waals surface area contributed by atoms with Crippen LogP contribution >= 0.6 is 11.6 Å². The molecular formula is C17H15ClF2N2O2. The molecule has 2 rings (SSSR count). The van der Waals surface area contributed by atoms with Crippen LogP contribution in [0.3, 0.4) is 0 Å². The molecule has 0 atom stereocenters. The molecule has 0 aliphatic rings. The normalized spacial score (nSPS) is 10.4. The van der Waals surface area contributed by atoms with Crippen molar-refractivity contribution >= 4 is 34.8 Å². The Hall–Kier alpha value is -2.47. The van der Waals surface area contributed by atoms with Crippen molar-refractivity contribution in [2.24, 2.45) is 0 Å². The second-order valence-electron chi connectivity index (χ2n) is 5.21. The highest BCUT2D eigenvalue weighted by Crippen LogP contribution is 2.24. The van der Waals surface area contributed by atoms with Gasteiger partial charge in [0.15, 0.2) is 11.6 Å². The molecule has 2 aromatic rings. The molecular weight excluding hydrogens is 338 g/mol. The Morgan fingerprint density at radius 3 is 2.46 bits per heavy atom. The molecule has 0 radical (unpaired) electrons. The summed E-state index contributed by atoms with van der Waals surface area (Å²) in [6, 6.07) is 8.02. The molecule has 0 bridgehead atoms. The van der Waals surface area contributed by atoms with Crippen molar-refractivity contribution in [1.29, 1.82) is 0 Å². The van der Waals surface area contributed by atoms with E-state index >= 15 is 0 Å². The summed E-state index contributed by atoms with van der Waals surface area (Å²) in [7, 11) is 0. The lowest BCUT2D eigenvalue weighted by molar-refractivity contribution is -0.120. The number of hydrogen-bond donors (Lipinski definition) is 1. The molecule has 0 saturated carbocycles. The van der Waals surface area contributed by atoms with Gasteiger partial charge in [-0.05, 0) is 36.8 Å². The summed E-state index contributed by atoms with van der Waals surface area (Å²) >= 11 is 5.95. The molecule has 0 unspecified atom stereocenters. The van der Waals surface area contributed by atoms with Gasteiger partial charge in [0, 0.05) is 29.4 Å². The van der Waals surface area contributed by atoms with E-state index in [-0.39, 0.29) is 18.1 Å². The maximum Gasteiger partial charge on any atom is 0.244 e. The van der Waals surface area contributed by atoms with E-state index in [1.165, 1.54) is 17.9 Å². The van der Waals surface area contributed by atoms with Crippen molar-refractivity contribution in [1.82, 2.24) is 0 Å². The Morgan fingerprint density at radius 1 is 1.12 bits per heavy atom. The molecule has 0 heterocycles. The topological polar surface area (TPSA) is 49.4 Å². The molecule has 126 valence electrons. The molecule has 1 N–H and O–H groups in total. The third kappa shape index (κ3) is 4.29. The Balaban J connectivity index is 2.18. The number of anilines is 2. The quantitative estimate of drug-likeness (QED) is 0.906. The van der Waals surface area contributed by atoms with Crippen LogP contribution in [0.15, 0.2) is 36.4 Å². The Labute approximate surface area is 143 Å². The molecule has 0 fully saturated rings. The number of nitrogens with zero attached hydrogens (tertiary/aromatic N) is 1. The first-order chi connectivity index (χ1) is 11.3. The standard InChI is InChI=1S/C17H15ClF2N2O2/c1-10-3-4-12(18)7-16(10)22(11(2)23)9-17(24)21-13-5-6-14(19)15(20)8-13/h3-8H,9H2,1-2H3,(H,21,24). The van der Waals surface area contributed by atoms with Gasteiger partial charge >= 0.3 is 0 Å². The highest BCUT2D eigenvalue weighted by Gasteiger charge is 2.18. The first-order valence-corrected chi connectivity index (χ1v) is 7.45. The van der Waals surface area contributed by atoms with E-state index in [0.29, 0.717) is 10.7 Å². The maximum atomic E-state index is 13.2. The highest BCUT2D eigenvalue weighted by atomic mass is 35.5. The van der Waals surface area contributed by atoms with Crippen LogP contribution in [-0.2, 0) is 9.59 Å². The van der Waals surface area contributed by atoms with Gasteiger partial charge in [0.25, 0.3) is 0 Å². The van der Waals surface area contributed by atoms with Crippen molar-refractivity contribution in [3.63, 3.8) is 0 Å². The molecule has 0 aliphatic heterocycles. The van der Waals surface area contributed by atoms with Crippen LogP contribution in [0.5, 0.6) is 0 Å². The van der Waals surface area contributed by atoms with E-state index in [9.17, 15) is 18.4 Å². The van der Waals surface area contributed by atoms with E-state index in [1.54, 1.807) is 25.1 Å². The van der Waals surface area contributed by atoms with Crippen LogP contribution in [0.4, 0.5) is 20.2 Å². The predicted octanol–water partition coefficient (Wildman–Crippen LogP) is 3.92. The van der Waals surface area contributed by atoms with E-state index in [1.807, 2.05) is 0 Å². The Bertz CT molecular complexity index is 796. The number of halogens is 3. The fraction of sp³-hybridized carbons (Fsp3) is 0.176. The summed E-state index contributed by atoms with van der Waals surface area (Å²) in [4.78, 5) is 25.3. The second kappa shape index (κ2) is 7.40. The molecule has 2 amide bonds. The number of nitrogens with one attached hydrogen (secondary N) is 1. The van der Waals surface area contributed by atoms with Crippen molar-refractivity contribution in [2.45, 2.75) is 13.8 Å². The average molecular weight is 353 g/mol. The van der Waals surface area contributed by atoms with Crippen LogP contribution in [0, 0.1) is 18.6 Å². The van der Waals surface area contributed by atoms with E-state index in [0.717, 1.165) is 17.7 Å². The number of amides is 2. The van der Waals surface area contributed by atoms with Gasteiger partial charge in [0.2, 0.25) is 11.8 Å². The van der Waals surface area contributed by atoms with Gasteiger partial charge in [-0.25, -0.2) is 8.78 Å². The molecule has 0 spiro atoms. The fourth-order valence-electron chi connectivity index (χ4n) is 2.16. The second-order valence-corrected chi connectivity index (χ2v) is 5.65. The van der Waals surface area contributed by atoms with E-state index < -0.39 is 17.5 Å². The third-order valence-corrected chi connectivity index (χ3v) is 3.58. The van der Waals surface area contributed by atoms with Crippen LogP contribution in [0.25, 0.3) is 0 Å². The minimum absolute atomic E-state index is 0.102. The van der Waals surface area contributed by atoms with Crippen LogP contribution in [-0.4, -0.2) is 18.4 Å². The van der Waals surface area contributed by atoms with Crippen LogP contribution in [0.2, 0.25) is 5.02 Å². The average Bonchev–Trinajstić information content (AvgIpc) is 2.51. The molecule has 7 heteroatoms. The zero-order chi connectivity index (χ0) is 17.9. The molecule has 0 aromatic heterocycles. The molecule has 0 aliphatic carbocycles. The summed E-state index contributed by atoms with van der Waals surface area (Å²) in [5, 5.41) is 2.86. The van der Waals surface area contributed by atoms with Crippen molar-refractivity contribution in [3.8, 4) is 0 Å². The van der Waals surface area contributed by atoms with Gasteiger partial charge in [-0.2, -0.15) is 0 Å². The largest absolute Gasteiger partial charge is 0.324 e. The number of benzene rings is 2. The van der Waals surface area contributed by atoms with Gasteiger partial charge in [-0.1, -0.05) is 17.7 Å². The first-order valence-electron chi connectivity index (χ1n) is 7.07. The molecule has 2 aromatic carbocycles. The van der Waals surface area contributed by atoms with Crippen molar-refractivity contribution in [2.75, 3.05) is 16.8 Å². The lowest BCUT2D eigenvalue weighted by Gasteiger charge is -2.23. The van der Waals surface area contributed by atoms with Crippen molar-refractivity contribution < 1.29 is 18.4 Å². The fourth-order valence-corrected chi connectivity index (χ4v) is 2.32. The maximum absolute atomic E-state index is 13.2. The number of carbonyl (C=O) groups is 2. The van der Waals surface area contributed by atoms with E-state index in [4.69, 9.17) is 11.6 Å². The monoisotopic (exact) mass is 352 g/mol. The van der Waals surface area contributed by atoms with Gasteiger partial charge < -0.3 is 10.2 Å². The van der Waals surface area contributed by atoms with E-state index in [2.05, 4.69) is 5.32 Å². The number of aryl methyl sites for hydroxylation is 1. The molecule has 24 heavy (non-hydrogen) atoms. The SMILES string of the molecule is CC(=O)N(CC(=O)Nc1ccc(F)c(F)c1)c1cc(Cl)ccc1C. The Kier molecular flexibility index (Phi) is 5.51. The van der Waals surface area contributed by atoms with Crippen molar-refractivity contribution in [3.05, 3.63) is 58.6 Å². The van der Waals surface area contributed by atoms with Gasteiger partial charge in [0.1, 0.15) is 6.54 Å². The zero-order valence-corrected chi connectivity index (χ0v) is 13.8. The van der Waals surface area contributed by atoms with Gasteiger partial charge in [-0.3, -0.25) is 9.59 Å². The summed E-state index contributed by atoms with van der Waals surface area (Å²) in [6.45, 7) is 2.83. The molecule has 0 saturated heterocycles. The number of carbonyl (C=O) groups excluding carboxylic acids is 2. The minimum atomic E-state index is -1.07. The van der Waals surface area contributed by atoms with Crippen LogP contribution in [0.1, 0.15) is 12.5 Å². The summed E-state index contributed by atoms with van der Waals surface area (Å²) in [5.41, 5.74) is 1.39. The minimum Gasteiger partial charge on any atom is -0.324 e. The highest BCUT2D eigenvalue weighted by molar-refractivity contribution is 6.31. The lowest BCUT2D eigenvalue weighted by atomic mass is 10.1. The van der Waals surface area contributed by atoms with Gasteiger partial charge in [0.05, 0.1) is 0 Å².